The quantitative estimate of drug-likeness (QED) is 0.439. The number of hydrogen-bond acceptors (Lipinski definition) is 2. The summed E-state index contributed by atoms with van der Waals surface area (Å²) in [5.41, 5.74) is 2.71. The third-order valence-electron chi connectivity index (χ3n) is 3.03. The Labute approximate surface area is 148 Å². The van der Waals surface area contributed by atoms with Crippen LogP contribution in [-0.2, 0) is 0 Å². The highest BCUT2D eigenvalue weighted by Gasteiger charge is 2.20. The van der Waals surface area contributed by atoms with Gasteiger partial charge in [0.1, 0.15) is 3.74 Å². The minimum atomic E-state index is -0.454. The summed E-state index contributed by atoms with van der Waals surface area (Å²) in [5, 5.41) is 0.250. The fourth-order valence-electron chi connectivity index (χ4n) is 2.08. The summed E-state index contributed by atoms with van der Waals surface area (Å²) >= 11 is 9.67. The summed E-state index contributed by atoms with van der Waals surface area (Å²) in [6.45, 7) is 0. The molecule has 0 atom stereocenters. The molecule has 0 aliphatic heterocycles. The highest BCUT2D eigenvalue weighted by molar-refractivity contribution is 9.25. The lowest BCUT2D eigenvalue weighted by Crippen LogP contribution is -2.10. The monoisotopic (exact) mass is 472 g/mol. The number of alkyl halides is 3. The second-order valence-electron chi connectivity index (χ2n) is 4.31. The Balaban J connectivity index is 2.63. The molecule has 0 fully saturated rings. The van der Waals surface area contributed by atoms with Crippen LogP contribution in [0.15, 0.2) is 48.5 Å². The van der Waals surface area contributed by atoms with Gasteiger partial charge < -0.3 is 0 Å². The van der Waals surface area contributed by atoms with E-state index in [1.165, 1.54) is 0 Å². The third kappa shape index (κ3) is 3.71. The second kappa shape index (κ2) is 7.47. The molecular weight excluding hydrogens is 464 g/mol. The van der Waals surface area contributed by atoms with Crippen LogP contribution in [0.2, 0.25) is 0 Å². The van der Waals surface area contributed by atoms with Crippen molar-refractivity contribution < 1.29 is 9.59 Å². The van der Waals surface area contributed by atoms with E-state index >= 15 is 0 Å². The Hall–Kier alpha value is -0.780. The molecule has 0 aromatic heterocycles. The van der Waals surface area contributed by atoms with E-state index < -0.39 is 3.74 Å². The largest absolute Gasteiger partial charge is 0.293 e. The maximum Gasteiger partial charge on any atom is 0.187 e. The van der Waals surface area contributed by atoms with Crippen LogP contribution in [0.1, 0.15) is 20.7 Å². The Morgan fingerprint density at radius 3 is 1.86 bits per heavy atom. The number of ketones is 2. The molecule has 0 saturated carbocycles. The zero-order valence-electron chi connectivity index (χ0n) is 10.9. The van der Waals surface area contributed by atoms with Crippen molar-refractivity contribution in [3.63, 3.8) is 0 Å². The van der Waals surface area contributed by atoms with E-state index in [0.717, 1.165) is 11.1 Å². The standard InChI is InChI=1S/C16H11Br3O2/c17-9-14(20)12-7-3-1-5-10(12)11-6-2-4-8-13(11)15(21)16(18)19/h1-8,16H,9H2. The molecule has 5 heteroatoms. The molecule has 2 aromatic carbocycles. The van der Waals surface area contributed by atoms with E-state index in [2.05, 4.69) is 47.8 Å². The molecule has 21 heavy (non-hydrogen) atoms. The number of Topliss-reactive ketones (excluding diaryl/α,β-unsaturated/α-hetero) is 2. The molecule has 0 aliphatic rings. The molecule has 0 spiro atoms. The van der Waals surface area contributed by atoms with E-state index in [9.17, 15) is 9.59 Å². The molecule has 0 N–H and O–H groups in total. The SMILES string of the molecule is O=C(CBr)c1ccccc1-c1ccccc1C(=O)C(Br)Br. The minimum Gasteiger partial charge on any atom is -0.293 e. The number of benzene rings is 2. The van der Waals surface area contributed by atoms with E-state index in [1.54, 1.807) is 12.1 Å². The normalized spacial score (nSPS) is 10.7. The van der Waals surface area contributed by atoms with Crippen LogP contribution in [-0.4, -0.2) is 20.6 Å². The molecule has 0 saturated heterocycles. The van der Waals surface area contributed by atoms with Gasteiger partial charge in [-0.25, -0.2) is 0 Å². The number of halogens is 3. The van der Waals surface area contributed by atoms with Crippen molar-refractivity contribution in [2.75, 3.05) is 5.33 Å². The minimum absolute atomic E-state index is 0.0120. The zero-order chi connectivity index (χ0) is 15.4. The molecule has 0 aliphatic carbocycles. The summed E-state index contributed by atoms with van der Waals surface area (Å²) in [7, 11) is 0. The zero-order valence-corrected chi connectivity index (χ0v) is 15.6. The predicted octanol–water partition coefficient (Wildman–Crippen LogP) is 5.23. The van der Waals surface area contributed by atoms with Gasteiger partial charge in [-0.1, -0.05) is 96.3 Å². The fourth-order valence-corrected chi connectivity index (χ4v) is 2.88. The summed E-state index contributed by atoms with van der Waals surface area (Å²) in [6, 6.07) is 14.6. The van der Waals surface area contributed by atoms with Gasteiger partial charge in [0.2, 0.25) is 0 Å². The highest BCUT2D eigenvalue weighted by atomic mass is 79.9. The Morgan fingerprint density at radius 2 is 1.33 bits per heavy atom. The molecule has 2 rings (SSSR count). The smallest absolute Gasteiger partial charge is 0.187 e. The number of hydrogen-bond donors (Lipinski definition) is 0. The molecule has 2 nitrogen and oxygen atoms in total. The van der Waals surface area contributed by atoms with Crippen molar-refractivity contribution in [2.24, 2.45) is 0 Å². The highest BCUT2D eigenvalue weighted by Crippen LogP contribution is 2.30. The van der Waals surface area contributed by atoms with Gasteiger partial charge in [-0.15, -0.1) is 0 Å². The molecular formula is C16H11Br3O2. The molecule has 0 bridgehead atoms. The second-order valence-corrected chi connectivity index (χ2v) is 7.93. The maximum atomic E-state index is 12.3. The third-order valence-corrected chi connectivity index (χ3v) is 4.37. The van der Waals surface area contributed by atoms with E-state index in [-0.39, 0.29) is 16.9 Å². The van der Waals surface area contributed by atoms with Crippen molar-refractivity contribution in [1.29, 1.82) is 0 Å². The first kappa shape index (κ1) is 16.6. The number of carbonyl (C=O) groups is 2. The van der Waals surface area contributed by atoms with E-state index in [0.29, 0.717) is 11.1 Å². The first-order chi connectivity index (χ1) is 10.1. The van der Waals surface area contributed by atoms with Crippen LogP contribution >= 0.6 is 47.8 Å². The summed E-state index contributed by atoms with van der Waals surface area (Å²) in [5.74, 6) is -0.0891. The van der Waals surface area contributed by atoms with Crippen molar-refractivity contribution in [1.82, 2.24) is 0 Å². The first-order valence-electron chi connectivity index (χ1n) is 6.16. The molecule has 0 heterocycles. The summed E-state index contributed by atoms with van der Waals surface area (Å²) in [6.07, 6.45) is 0. The van der Waals surface area contributed by atoms with E-state index in [1.807, 2.05) is 36.4 Å². The van der Waals surface area contributed by atoms with Crippen LogP contribution in [0.5, 0.6) is 0 Å². The molecule has 0 radical (unpaired) electrons. The lowest BCUT2D eigenvalue weighted by atomic mass is 9.92. The van der Waals surface area contributed by atoms with Crippen LogP contribution in [0, 0.1) is 0 Å². The molecule has 2 aromatic rings. The van der Waals surface area contributed by atoms with Crippen molar-refractivity contribution >= 4 is 59.4 Å². The number of rotatable bonds is 5. The summed E-state index contributed by atoms with van der Waals surface area (Å²) < 4.78 is -0.454. The van der Waals surface area contributed by atoms with Gasteiger partial charge in [0, 0.05) is 11.1 Å². The van der Waals surface area contributed by atoms with Crippen molar-refractivity contribution in [3.8, 4) is 11.1 Å². The lowest BCUT2D eigenvalue weighted by Gasteiger charge is -2.12. The van der Waals surface area contributed by atoms with Gasteiger partial charge in [0.25, 0.3) is 0 Å². The Bertz CT molecular complexity index is 681. The van der Waals surface area contributed by atoms with Crippen LogP contribution in [0.25, 0.3) is 11.1 Å². The first-order valence-corrected chi connectivity index (χ1v) is 9.11. The molecule has 0 amide bonds. The summed E-state index contributed by atoms with van der Waals surface area (Å²) in [4.78, 5) is 24.4. The van der Waals surface area contributed by atoms with Gasteiger partial charge in [-0.2, -0.15) is 0 Å². The average Bonchev–Trinajstić information content (AvgIpc) is 2.53. The van der Waals surface area contributed by atoms with Crippen molar-refractivity contribution in [2.45, 2.75) is 3.74 Å². The predicted molar refractivity (Wildman–Crippen MR) is 96.0 cm³/mol. The maximum absolute atomic E-state index is 12.3. The molecule has 108 valence electrons. The van der Waals surface area contributed by atoms with Crippen molar-refractivity contribution in [3.05, 3.63) is 59.7 Å². The van der Waals surface area contributed by atoms with Crippen LogP contribution in [0.4, 0.5) is 0 Å². The van der Waals surface area contributed by atoms with E-state index in [4.69, 9.17) is 0 Å². The van der Waals surface area contributed by atoms with Gasteiger partial charge in [0.15, 0.2) is 11.6 Å². The van der Waals surface area contributed by atoms with Gasteiger partial charge in [-0.05, 0) is 11.1 Å². The topological polar surface area (TPSA) is 34.1 Å². The Morgan fingerprint density at radius 1 is 0.857 bits per heavy atom. The molecule has 0 unspecified atom stereocenters. The van der Waals surface area contributed by atoms with Crippen LogP contribution in [0.3, 0.4) is 0 Å². The lowest BCUT2D eigenvalue weighted by molar-refractivity contribution is 0.101. The van der Waals surface area contributed by atoms with Gasteiger partial charge in [-0.3, -0.25) is 9.59 Å². The van der Waals surface area contributed by atoms with Gasteiger partial charge >= 0.3 is 0 Å². The van der Waals surface area contributed by atoms with Crippen LogP contribution < -0.4 is 0 Å². The Kier molecular flexibility index (Phi) is 5.90. The average molecular weight is 475 g/mol. The van der Waals surface area contributed by atoms with Gasteiger partial charge in [0.05, 0.1) is 5.33 Å². The number of carbonyl (C=O) groups excluding carboxylic acids is 2. The fraction of sp³-hybridized carbons (Fsp3) is 0.125.